The monoisotopic (exact) mass is 267 g/mol. The molecule has 0 radical (unpaired) electrons. The van der Waals surface area contributed by atoms with Gasteiger partial charge < -0.3 is 10.1 Å². The molecule has 2 nitrogen and oxygen atoms in total. The van der Waals surface area contributed by atoms with Crippen molar-refractivity contribution in [1.29, 1.82) is 0 Å². The summed E-state index contributed by atoms with van der Waals surface area (Å²) in [6.07, 6.45) is 5.39. The molecule has 0 amide bonds. The Labute approximate surface area is 115 Å². The maximum Gasteiger partial charge on any atom is 0.120 e. The predicted molar refractivity (Wildman–Crippen MR) is 76.4 cm³/mol. The van der Waals surface area contributed by atoms with E-state index in [4.69, 9.17) is 16.3 Å². The Bertz CT molecular complexity index is 363. The van der Waals surface area contributed by atoms with Crippen molar-refractivity contribution in [2.75, 3.05) is 13.2 Å². The Kier molecular flexibility index (Phi) is 5.33. The van der Waals surface area contributed by atoms with Crippen LogP contribution < -0.4 is 10.1 Å². The lowest BCUT2D eigenvalue weighted by Crippen LogP contribution is -2.40. The molecule has 3 heteroatoms. The van der Waals surface area contributed by atoms with Crippen LogP contribution in [-0.2, 0) is 0 Å². The van der Waals surface area contributed by atoms with E-state index in [0.717, 1.165) is 29.8 Å². The molecule has 1 aromatic carbocycles. The Morgan fingerprint density at radius 2 is 2.17 bits per heavy atom. The van der Waals surface area contributed by atoms with Crippen LogP contribution in [0, 0.1) is 5.92 Å². The summed E-state index contributed by atoms with van der Waals surface area (Å²) >= 11 is 5.95. The van der Waals surface area contributed by atoms with Crippen molar-refractivity contribution in [2.24, 2.45) is 5.92 Å². The smallest absolute Gasteiger partial charge is 0.120 e. The van der Waals surface area contributed by atoms with Crippen molar-refractivity contribution in [3.8, 4) is 5.75 Å². The van der Waals surface area contributed by atoms with E-state index in [-0.39, 0.29) is 0 Å². The number of nitrogens with one attached hydrogen (secondary N) is 1. The third kappa shape index (κ3) is 3.89. The second-order valence-electron chi connectivity index (χ2n) is 4.98. The maximum absolute atomic E-state index is 5.95. The number of ether oxygens (including phenoxy) is 1. The highest BCUT2D eigenvalue weighted by molar-refractivity contribution is 6.30. The largest absolute Gasteiger partial charge is 0.492 e. The van der Waals surface area contributed by atoms with Gasteiger partial charge in [-0.2, -0.15) is 0 Å². The molecule has 1 saturated carbocycles. The first-order valence-electron chi connectivity index (χ1n) is 6.91. The molecule has 1 unspecified atom stereocenters. The first kappa shape index (κ1) is 13.7. The lowest BCUT2D eigenvalue weighted by Gasteiger charge is -2.24. The molecule has 2 rings (SSSR count). The summed E-state index contributed by atoms with van der Waals surface area (Å²) in [5, 5.41) is 4.28. The van der Waals surface area contributed by atoms with E-state index in [1.165, 1.54) is 25.7 Å². The standard InChI is InChI=1S/C15H22ClNO/c1-2-17-15(12-6-3-4-7-12)11-18-14-9-5-8-13(16)10-14/h5,8-10,12,15,17H,2-4,6-7,11H2,1H3. The van der Waals surface area contributed by atoms with E-state index < -0.39 is 0 Å². The van der Waals surface area contributed by atoms with Gasteiger partial charge in [0.05, 0.1) is 0 Å². The first-order chi connectivity index (χ1) is 8.79. The van der Waals surface area contributed by atoms with Crippen molar-refractivity contribution in [1.82, 2.24) is 5.32 Å². The van der Waals surface area contributed by atoms with Gasteiger partial charge in [0.25, 0.3) is 0 Å². The number of benzene rings is 1. The minimum atomic E-state index is 0.469. The molecule has 0 heterocycles. The zero-order chi connectivity index (χ0) is 12.8. The Morgan fingerprint density at radius 3 is 2.83 bits per heavy atom. The fourth-order valence-electron chi connectivity index (χ4n) is 2.73. The minimum absolute atomic E-state index is 0.469. The molecule has 1 aromatic rings. The van der Waals surface area contributed by atoms with Crippen LogP contribution in [0.3, 0.4) is 0 Å². The number of hydrogen-bond acceptors (Lipinski definition) is 2. The highest BCUT2D eigenvalue weighted by Crippen LogP contribution is 2.28. The van der Waals surface area contributed by atoms with Crippen molar-refractivity contribution in [3.63, 3.8) is 0 Å². The third-order valence-corrected chi connectivity index (χ3v) is 3.90. The number of likely N-dealkylation sites (N-methyl/N-ethyl adjacent to an activating group) is 1. The molecule has 100 valence electrons. The molecule has 0 aliphatic heterocycles. The van der Waals surface area contributed by atoms with Crippen LogP contribution in [0.25, 0.3) is 0 Å². The first-order valence-corrected chi connectivity index (χ1v) is 7.29. The Balaban J connectivity index is 1.88. The van der Waals surface area contributed by atoms with Gasteiger partial charge in [-0.1, -0.05) is 37.4 Å². The van der Waals surface area contributed by atoms with E-state index in [1.54, 1.807) is 0 Å². The average molecular weight is 268 g/mol. The van der Waals surface area contributed by atoms with Crippen molar-refractivity contribution >= 4 is 11.6 Å². The third-order valence-electron chi connectivity index (χ3n) is 3.66. The molecule has 1 atom stereocenters. The van der Waals surface area contributed by atoms with Crippen LogP contribution in [0.4, 0.5) is 0 Å². The predicted octanol–water partition coefficient (Wildman–Crippen LogP) is 3.89. The van der Waals surface area contributed by atoms with Gasteiger partial charge in [-0.3, -0.25) is 0 Å². The lowest BCUT2D eigenvalue weighted by atomic mass is 9.99. The summed E-state index contributed by atoms with van der Waals surface area (Å²) in [7, 11) is 0. The fraction of sp³-hybridized carbons (Fsp3) is 0.600. The normalized spacial score (nSPS) is 17.9. The summed E-state index contributed by atoms with van der Waals surface area (Å²) in [6.45, 7) is 3.89. The number of halogens is 1. The van der Waals surface area contributed by atoms with Gasteiger partial charge in [-0.25, -0.2) is 0 Å². The quantitative estimate of drug-likeness (QED) is 0.844. The SMILES string of the molecule is CCNC(COc1cccc(Cl)c1)C1CCCC1. The molecule has 1 aliphatic rings. The lowest BCUT2D eigenvalue weighted by molar-refractivity contribution is 0.219. The summed E-state index contributed by atoms with van der Waals surface area (Å²) in [5.41, 5.74) is 0. The van der Waals surface area contributed by atoms with Crippen molar-refractivity contribution in [3.05, 3.63) is 29.3 Å². The molecule has 1 fully saturated rings. The van der Waals surface area contributed by atoms with Gasteiger partial charge in [0.1, 0.15) is 12.4 Å². The number of rotatable bonds is 6. The number of hydrogen-bond donors (Lipinski definition) is 1. The van der Waals surface area contributed by atoms with Crippen LogP contribution in [0.15, 0.2) is 24.3 Å². The van der Waals surface area contributed by atoms with Gasteiger partial charge in [0.15, 0.2) is 0 Å². The average Bonchev–Trinajstić information content (AvgIpc) is 2.88. The summed E-state index contributed by atoms with van der Waals surface area (Å²) < 4.78 is 5.87. The molecule has 0 spiro atoms. The fourth-order valence-corrected chi connectivity index (χ4v) is 2.91. The van der Waals surface area contributed by atoms with E-state index in [2.05, 4.69) is 12.2 Å². The van der Waals surface area contributed by atoms with E-state index in [0.29, 0.717) is 6.04 Å². The zero-order valence-corrected chi connectivity index (χ0v) is 11.7. The highest BCUT2D eigenvalue weighted by atomic mass is 35.5. The van der Waals surface area contributed by atoms with Crippen LogP contribution in [0.5, 0.6) is 5.75 Å². The Morgan fingerprint density at radius 1 is 1.39 bits per heavy atom. The zero-order valence-electron chi connectivity index (χ0n) is 11.0. The minimum Gasteiger partial charge on any atom is -0.492 e. The van der Waals surface area contributed by atoms with E-state index in [9.17, 15) is 0 Å². The summed E-state index contributed by atoms with van der Waals surface area (Å²) in [4.78, 5) is 0. The summed E-state index contributed by atoms with van der Waals surface area (Å²) in [6, 6.07) is 8.10. The van der Waals surface area contributed by atoms with Crippen LogP contribution in [0.2, 0.25) is 5.02 Å². The topological polar surface area (TPSA) is 21.3 Å². The molecule has 0 saturated heterocycles. The van der Waals surface area contributed by atoms with Crippen molar-refractivity contribution in [2.45, 2.75) is 38.6 Å². The van der Waals surface area contributed by atoms with Crippen LogP contribution in [-0.4, -0.2) is 19.2 Å². The molecule has 1 N–H and O–H groups in total. The van der Waals surface area contributed by atoms with Gasteiger partial charge >= 0.3 is 0 Å². The highest BCUT2D eigenvalue weighted by Gasteiger charge is 2.24. The van der Waals surface area contributed by atoms with Gasteiger partial charge in [-0.05, 0) is 43.5 Å². The Hall–Kier alpha value is -0.730. The van der Waals surface area contributed by atoms with E-state index >= 15 is 0 Å². The van der Waals surface area contributed by atoms with Crippen LogP contribution >= 0.6 is 11.6 Å². The van der Waals surface area contributed by atoms with Gasteiger partial charge in [-0.15, -0.1) is 0 Å². The molecular formula is C15H22ClNO. The molecule has 0 bridgehead atoms. The molecular weight excluding hydrogens is 246 g/mol. The van der Waals surface area contributed by atoms with Gasteiger partial charge in [0, 0.05) is 11.1 Å². The summed E-state index contributed by atoms with van der Waals surface area (Å²) in [5.74, 6) is 1.63. The van der Waals surface area contributed by atoms with Gasteiger partial charge in [0.2, 0.25) is 0 Å². The second-order valence-corrected chi connectivity index (χ2v) is 5.41. The van der Waals surface area contributed by atoms with Crippen molar-refractivity contribution < 1.29 is 4.74 Å². The van der Waals surface area contributed by atoms with Crippen LogP contribution in [0.1, 0.15) is 32.6 Å². The molecule has 1 aliphatic carbocycles. The maximum atomic E-state index is 5.95. The van der Waals surface area contributed by atoms with E-state index in [1.807, 2.05) is 24.3 Å². The molecule has 18 heavy (non-hydrogen) atoms. The molecule has 0 aromatic heterocycles. The second kappa shape index (κ2) is 7.01.